The van der Waals surface area contributed by atoms with Crippen molar-refractivity contribution in [3.8, 4) is 28.0 Å². The van der Waals surface area contributed by atoms with Crippen LogP contribution in [-0.2, 0) is 5.41 Å². The van der Waals surface area contributed by atoms with Crippen molar-refractivity contribution < 1.29 is 4.74 Å². The molecular formula is C39H41OSi. The highest BCUT2D eigenvalue weighted by atomic mass is 28.3. The summed E-state index contributed by atoms with van der Waals surface area (Å²) in [6.07, 6.45) is 4.85. The summed E-state index contributed by atoms with van der Waals surface area (Å²) in [5.41, 5.74) is 16.1. The minimum atomic E-state index is -1.10. The van der Waals surface area contributed by atoms with Crippen LogP contribution >= 0.6 is 0 Å². The molecule has 1 unspecified atom stereocenters. The fourth-order valence-electron chi connectivity index (χ4n) is 7.02. The molecule has 0 N–H and O–H groups in total. The van der Waals surface area contributed by atoms with E-state index in [1.54, 1.807) is 5.19 Å². The molecule has 41 heavy (non-hydrogen) atoms. The maximum absolute atomic E-state index is 6.23. The monoisotopic (exact) mass is 553 g/mol. The number of fused-ring (bicyclic) bond motifs is 2. The molecule has 2 heteroatoms. The number of benzene rings is 4. The lowest BCUT2D eigenvalue weighted by molar-refractivity contribution is 0.399. The smallest absolute Gasteiger partial charge is 0.131 e. The molecule has 0 saturated heterocycles. The number of rotatable bonds is 5. The Morgan fingerprint density at radius 1 is 0.756 bits per heavy atom. The predicted molar refractivity (Wildman–Crippen MR) is 180 cm³/mol. The third-order valence-electron chi connectivity index (χ3n) is 8.87. The van der Waals surface area contributed by atoms with Crippen molar-refractivity contribution in [2.24, 2.45) is 0 Å². The summed E-state index contributed by atoms with van der Waals surface area (Å²) < 4.78 is 6.23. The number of methoxy groups -OCH3 is 1. The largest absolute Gasteiger partial charge is 0.496 e. The maximum atomic E-state index is 6.23. The van der Waals surface area contributed by atoms with Gasteiger partial charge in [0.15, 0.2) is 0 Å². The van der Waals surface area contributed by atoms with E-state index < -0.39 is 8.80 Å². The van der Waals surface area contributed by atoms with Crippen LogP contribution in [0.25, 0.3) is 33.9 Å². The summed E-state index contributed by atoms with van der Waals surface area (Å²) in [5, 5.41) is 1.55. The molecule has 0 aliphatic heterocycles. The third-order valence-corrected chi connectivity index (χ3v) is 10.6. The van der Waals surface area contributed by atoms with E-state index in [1.165, 1.54) is 66.8 Å². The van der Waals surface area contributed by atoms with Crippen LogP contribution in [0.3, 0.4) is 0 Å². The van der Waals surface area contributed by atoms with E-state index >= 15 is 0 Å². The first-order chi connectivity index (χ1) is 19.6. The van der Waals surface area contributed by atoms with Gasteiger partial charge in [-0.3, -0.25) is 0 Å². The zero-order valence-corrected chi connectivity index (χ0v) is 26.9. The number of hydrogen-bond donors (Lipinski definition) is 0. The first kappa shape index (κ1) is 27.5. The van der Waals surface area contributed by atoms with Gasteiger partial charge in [0, 0.05) is 23.5 Å². The van der Waals surface area contributed by atoms with E-state index in [-0.39, 0.29) is 11.3 Å². The van der Waals surface area contributed by atoms with Gasteiger partial charge < -0.3 is 4.74 Å². The number of hydrogen-bond acceptors (Lipinski definition) is 1. The summed E-state index contributed by atoms with van der Waals surface area (Å²) in [4.78, 5) is 0. The zero-order valence-electron chi connectivity index (χ0n) is 25.7. The van der Waals surface area contributed by atoms with Crippen LogP contribution in [0.15, 0.2) is 90.0 Å². The molecule has 1 atom stereocenters. The van der Waals surface area contributed by atoms with E-state index in [1.807, 2.05) is 7.11 Å². The van der Waals surface area contributed by atoms with Gasteiger partial charge in [-0.05, 0) is 69.8 Å². The topological polar surface area (TPSA) is 9.23 Å². The standard InChI is InChI=1S/C39H41OSi/c1-24-21-28-19-20-32(41(7)8)36(27-17-13-10-14-18-27)37(28)34(24)33-25(2)22-29-30(33)23-31(39(3,4)5)38(40-6)35(29)26-15-11-9-12-16-26/h9-23,33,41H,1-8H3. The molecule has 0 heterocycles. The summed E-state index contributed by atoms with van der Waals surface area (Å²) in [6, 6.07) is 29.1. The highest BCUT2D eigenvalue weighted by Gasteiger charge is 2.38. The van der Waals surface area contributed by atoms with Crippen LogP contribution in [0.2, 0.25) is 13.1 Å². The molecule has 0 aromatic heterocycles. The molecular weight excluding hydrogens is 513 g/mol. The molecule has 4 aromatic carbocycles. The van der Waals surface area contributed by atoms with Gasteiger partial charge in [0.2, 0.25) is 0 Å². The molecule has 207 valence electrons. The van der Waals surface area contributed by atoms with E-state index in [9.17, 15) is 0 Å². The molecule has 4 aromatic rings. The lowest BCUT2D eigenvalue weighted by Crippen LogP contribution is -2.26. The van der Waals surface area contributed by atoms with Crippen molar-refractivity contribution in [2.45, 2.75) is 59.0 Å². The lowest BCUT2D eigenvalue weighted by Gasteiger charge is -2.29. The Morgan fingerprint density at radius 3 is 1.93 bits per heavy atom. The molecule has 2 aliphatic rings. The highest BCUT2D eigenvalue weighted by Crippen LogP contribution is 2.56. The quantitative estimate of drug-likeness (QED) is 0.224. The Bertz CT molecular complexity index is 1700. The Balaban J connectivity index is 1.66. The van der Waals surface area contributed by atoms with E-state index in [0.717, 1.165) is 5.75 Å². The van der Waals surface area contributed by atoms with Gasteiger partial charge in [0.05, 0.1) is 15.9 Å². The minimum Gasteiger partial charge on any atom is -0.496 e. The van der Waals surface area contributed by atoms with Crippen molar-refractivity contribution in [1.82, 2.24) is 0 Å². The normalized spacial score (nSPS) is 16.2. The second-order valence-electron chi connectivity index (χ2n) is 13.0. The van der Waals surface area contributed by atoms with E-state index in [2.05, 4.69) is 139 Å². The van der Waals surface area contributed by atoms with Crippen LogP contribution in [0.1, 0.15) is 68.4 Å². The van der Waals surface area contributed by atoms with Crippen molar-refractivity contribution in [3.05, 3.63) is 124 Å². The SMILES string of the molecule is COc1c(C(C)(C)C)cc2c(c1-c1ccccc1)C=C(C)C2C1=C(C)[CH]c2ccc([SiH](C)C)c(-c3ccccc3)c21. The second-order valence-corrected chi connectivity index (χ2v) is 16.0. The molecule has 1 radical (unpaired) electrons. The molecule has 0 amide bonds. The molecule has 1 nitrogen and oxygen atoms in total. The fourth-order valence-corrected chi connectivity index (χ4v) is 8.39. The van der Waals surface area contributed by atoms with Crippen molar-refractivity contribution in [1.29, 1.82) is 0 Å². The third kappa shape index (κ3) is 4.53. The summed E-state index contributed by atoms with van der Waals surface area (Å²) >= 11 is 0. The van der Waals surface area contributed by atoms with Gasteiger partial charge in [-0.1, -0.05) is 129 Å². The molecule has 0 spiro atoms. The number of allylic oxidation sites excluding steroid dienone is 3. The van der Waals surface area contributed by atoms with Crippen LogP contribution < -0.4 is 9.92 Å². The summed E-state index contributed by atoms with van der Waals surface area (Å²) in [5.74, 6) is 1.19. The van der Waals surface area contributed by atoms with Gasteiger partial charge in [0.1, 0.15) is 5.75 Å². The Morgan fingerprint density at radius 2 is 1.37 bits per heavy atom. The first-order valence-electron chi connectivity index (χ1n) is 14.9. The van der Waals surface area contributed by atoms with E-state index in [4.69, 9.17) is 4.74 Å². The Labute approximate surface area is 248 Å². The van der Waals surface area contributed by atoms with Crippen molar-refractivity contribution in [2.75, 3.05) is 7.11 Å². The lowest BCUT2D eigenvalue weighted by atomic mass is 9.77. The van der Waals surface area contributed by atoms with Gasteiger partial charge in [-0.2, -0.15) is 0 Å². The van der Waals surface area contributed by atoms with E-state index in [0.29, 0.717) is 0 Å². The van der Waals surface area contributed by atoms with Crippen LogP contribution in [0.5, 0.6) is 5.75 Å². The average molecular weight is 554 g/mol. The minimum absolute atomic E-state index is 0.0697. The Hall–Kier alpha value is -3.62. The molecule has 0 fully saturated rings. The zero-order chi connectivity index (χ0) is 29.1. The molecule has 0 saturated carbocycles. The van der Waals surface area contributed by atoms with Gasteiger partial charge in [-0.25, -0.2) is 0 Å². The summed E-state index contributed by atoms with van der Waals surface area (Å²) in [7, 11) is 0.728. The van der Waals surface area contributed by atoms with Gasteiger partial charge >= 0.3 is 0 Å². The van der Waals surface area contributed by atoms with Crippen LogP contribution in [0.4, 0.5) is 0 Å². The molecule has 6 rings (SSSR count). The van der Waals surface area contributed by atoms with Crippen molar-refractivity contribution >= 4 is 25.6 Å². The molecule has 2 aliphatic carbocycles. The van der Waals surface area contributed by atoms with Crippen molar-refractivity contribution in [3.63, 3.8) is 0 Å². The Kier molecular flexibility index (Phi) is 6.94. The summed E-state index contributed by atoms with van der Waals surface area (Å²) in [6.45, 7) is 16.4. The van der Waals surface area contributed by atoms with Gasteiger partial charge in [-0.15, -0.1) is 0 Å². The van der Waals surface area contributed by atoms with Gasteiger partial charge in [0.25, 0.3) is 0 Å². The maximum Gasteiger partial charge on any atom is 0.131 e. The highest BCUT2D eigenvalue weighted by molar-refractivity contribution is 6.72. The molecule has 0 bridgehead atoms. The fraction of sp³-hybridized carbons (Fsp3) is 0.256. The predicted octanol–water partition coefficient (Wildman–Crippen LogP) is 9.56. The first-order valence-corrected chi connectivity index (χ1v) is 17.8. The van der Waals surface area contributed by atoms with Crippen LogP contribution in [0, 0.1) is 6.42 Å². The second kappa shape index (κ2) is 10.3. The average Bonchev–Trinajstić information content (AvgIpc) is 3.45. The number of ether oxygens (including phenoxy) is 1. The van der Waals surface area contributed by atoms with Crippen LogP contribution in [-0.4, -0.2) is 15.9 Å².